The van der Waals surface area contributed by atoms with Crippen LogP contribution < -0.4 is 10.1 Å². The van der Waals surface area contributed by atoms with Gasteiger partial charge in [-0.25, -0.2) is 0 Å². The lowest BCUT2D eigenvalue weighted by Gasteiger charge is -2.06. The third-order valence-corrected chi connectivity index (χ3v) is 3.56. The highest BCUT2D eigenvalue weighted by atomic mass is 16.5. The maximum atomic E-state index is 12.1. The largest absolute Gasteiger partial charge is 0.486 e. The Labute approximate surface area is 135 Å². The first-order valence-electron chi connectivity index (χ1n) is 7.45. The zero-order valence-corrected chi connectivity index (χ0v) is 12.9. The van der Waals surface area contributed by atoms with Crippen LogP contribution in [-0.2, 0) is 6.61 Å². The molecule has 1 amide bonds. The molecule has 4 nitrogen and oxygen atoms in total. The number of rotatable bonds is 5. The van der Waals surface area contributed by atoms with Crippen molar-refractivity contribution in [2.24, 2.45) is 0 Å². The van der Waals surface area contributed by atoms with Crippen LogP contribution in [0.4, 0.5) is 0 Å². The summed E-state index contributed by atoms with van der Waals surface area (Å²) in [7, 11) is 1.60. The Kier molecular flexibility index (Phi) is 4.43. The lowest BCUT2D eigenvalue weighted by molar-refractivity contribution is 0.0954. The molecule has 0 fully saturated rings. The smallest absolute Gasteiger partial charge is 0.271 e. The minimum Gasteiger partial charge on any atom is -0.486 e. The number of carbonyl (C=O) groups is 1. The summed E-state index contributed by atoms with van der Waals surface area (Å²) in [6.07, 6.45) is 0. The SMILES string of the molecule is CNC(=O)c1[nH]c(-c2ccccc2)cc1OCc1ccccc1. The quantitative estimate of drug-likeness (QED) is 0.756. The summed E-state index contributed by atoms with van der Waals surface area (Å²) in [6.45, 7) is 0.414. The van der Waals surface area contributed by atoms with Crippen molar-refractivity contribution in [1.82, 2.24) is 10.3 Å². The molecule has 23 heavy (non-hydrogen) atoms. The summed E-state index contributed by atoms with van der Waals surface area (Å²) in [4.78, 5) is 15.2. The summed E-state index contributed by atoms with van der Waals surface area (Å²) in [5.74, 6) is 0.349. The van der Waals surface area contributed by atoms with Gasteiger partial charge < -0.3 is 15.0 Å². The van der Waals surface area contributed by atoms with Gasteiger partial charge in [0, 0.05) is 18.8 Å². The van der Waals surface area contributed by atoms with E-state index in [1.54, 1.807) is 7.05 Å². The first-order valence-corrected chi connectivity index (χ1v) is 7.45. The molecule has 0 saturated carbocycles. The van der Waals surface area contributed by atoms with Gasteiger partial charge in [0.15, 0.2) is 5.75 Å². The van der Waals surface area contributed by atoms with Gasteiger partial charge >= 0.3 is 0 Å². The van der Waals surface area contributed by atoms with Crippen molar-refractivity contribution in [3.05, 3.63) is 78.0 Å². The second-order valence-corrected chi connectivity index (χ2v) is 5.14. The molecule has 4 heteroatoms. The van der Waals surface area contributed by atoms with E-state index in [1.807, 2.05) is 66.7 Å². The molecule has 3 rings (SSSR count). The molecular weight excluding hydrogens is 288 g/mol. The van der Waals surface area contributed by atoms with Crippen LogP contribution in [0.5, 0.6) is 5.75 Å². The maximum Gasteiger partial charge on any atom is 0.271 e. The minimum atomic E-state index is -0.199. The van der Waals surface area contributed by atoms with Crippen LogP contribution in [0.25, 0.3) is 11.3 Å². The highest BCUT2D eigenvalue weighted by molar-refractivity contribution is 5.96. The van der Waals surface area contributed by atoms with E-state index in [4.69, 9.17) is 4.74 Å². The summed E-state index contributed by atoms with van der Waals surface area (Å²) < 4.78 is 5.86. The van der Waals surface area contributed by atoms with Crippen molar-refractivity contribution in [2.75, 3.05) is 7.05 Å². The van der Waals surface area contributed by atoms with Gasteiger partial charge in [-0.2, -0.15) is 0 Å². The third-order valence-electron chi connectivity index (χ3n) is 3.56. The Morgan fingerprint density at radius 2 is 1.70 bits per heavy atom. The summed E-state index contributed by atoms with van der Waals surface area (Å²) >= 11 is 0. The van der Waals surface area contributed by atoms with Gasteiger partial charge in [-0.15, -0.1) is 0 Å². The van der Waals surface area contributed by atoms with Gasteiger partial charge in [0.25, 0.3) is 5.91 Å². The minimum absolute atomic E-state index is 0.199. The number of nitrogens with one attached hydrogen (secondary N) is 2. The van der Waals surface area contributed by atoms with Crippen LogP contribution in [0.1, 0.15) is 16.1 Å². The standard InChI is InChI=1S/C19H18N2O2/c1-20-19(22)18-17(23-13-14-8-4-2-5-9-14)12-16(21-18)15-10-6-3-7-11-15/h2-12,21H,13H2,1H3,(H,20,22). The molecule has 0 saturated heterocycles. The number of H-pyrrole nitrogens is 1. The van der Waals surface area contributed by atoms with E-state index in [2.05, 4.69) is 10.3 Å². The number of amides is 1. The molecule has 2 aromatic carbocycles. The number of hydrogen-bond acceptors (Lipinski definition) is 2. The van der Waals surface area contributed by atoms with Gasteiger partial charge in [0.05, 0.1) is 0 Å². The first kappa shape index (κ1) is 14.9. The zero-order chi connectivity index (χ0) is 16.1. The molecule has 3 aromatic rings. The van der Waals surface area contributed by atoms with Crippen molar-refractivity contribution < 1.29 is 9.53 Å². The van der Waals surface area contributed by atoms with Crippen LogP contribution in [-0.4, -0.2) is 17.9 Å². The van der Waals surface area contributed by atoms with Gasteiger partial charge in [0.1, 0.15) is 12.3 Å². The Hall–Kier alpha value is -3.01. The van der Waals surface area contributed by atoms with Gasteiger partial charge in [-0.3, -0.25) is 4.79 Å². The van der Waals surface area contributed by atoms with Gasteiger partial charge in [0.2, 0.25) is 0 Å². The molecule has 0 radical (unpaired) electrons. The molecule has 0 aliphatic rings. The average molecular weight is 306 g/mol. The second kappa shape index (κ2) is 6.83. The van der Waals surface area contributed by atoms with Gasteiger partial charge in [-0.1, -0.05) is 60.7 Å². The molecule has 116 valence electrons. The van der Waals surface area contributed by atoms with E-state index in [1.165, 1.54) is 0 Å². The Morgan fingerprint density at radius 3 is 2.35 bits per heavy atom. The second-order valence-electron chi connectivity index (χ2n) is 5.14. The lowest BCUT2D eigenvalue weighted by atomic mass is 10.2. The number of ether oxygens (including phenoxy) is 1. The third kappa shape index (κ3) is 3.43. The Morgan fingerprint density at radius 1 is 1.04 bits per heavy atom. The molecule has 2 N–H and O–H groups in total. The predicted molar refractivity (Wildman–Crippen MR) is 90.4 cm³/mol. The lowest BCUT2D eigenvalue weighted by Crippen LogP contribution is -2.19. The number of carbonyl (C=O) groups excluding carboxylic acids is 1. The molecule has 0 atom stereocenters. The normalized spacial score (nSPS) is 10.3. The van der Waals surface area contributed by atoms with Crippen LogP contribution in [0.3, 0.4) is 0 Å². The number of hydrogen-bond donors (Lipinski definition) is 2. The predicted octanol–water partition coefficient (Wildman–Crippen LogP) is 3.62. The average Bonchev–Trinajstić information content (AvgIpc) is 3.05. The molecule has 0 unspecified atom stereocenters. The maximum absolute atomic E-state index is 12.1. The number of benzene rings is 2. The van der Waals surface area contributed by atoms with E-state index in [-0.39, 0.29) is 5.91 Å². The van der Waals surface area contributed by atoms with E-state index >= 15 is 0 Å². The van der Waals surface area contributed by atoms with Crippen molar-refractivity contribution in [2.45, 2.75) is 6.61 Å². The van der Waals surface area contributed by atoms with E-state index in [0.29, 0.717) is 18.1 Å². The topological polar surface area (TPSA) is 54.1 Å². The van der Waals surface area contributed by atoms with Crippen molar-refractivity contribution in [3.63, 3.8) is 0 Å². The van der Waals surface area contributed by atoms with Crippen molar-refractivity contribution >= 4 is 5.91 Å². The zero-order valence-electron chi connectivity index (χ0n) is 12.9. The molecule has 1 aromatic heterocycles. The summed E-state index contributed by atoms with van der Waals surface area (Å²) in [5.41, 5.74) is 3.35. The summed E-state index contributed by atoms with van der Waals surface area (Å²) in [6, 6.07) is 21.6. The van der Waals surface area contributed by atoms with E-state index in [9.17, 15) is 4.79 Å². The first-order chi connectivity index (χ1) is 11.3. The van der Waals surface area contributed by atoms with Crippen molar-refractivity contribution in [1.29, 1.82) is 0 Å². The fraction of sp³-hybridized carbons (Fsp3) is 0.105. The van der Waals surface area contributed by atoms with Gasteiger partial charge in [-0.05, 0) is 11.1 Å². The highest BCUT2D eigenvalue weighted by Gasteiger charge is 2.16. The van der Waals surface area contributed by atoms with Crippen molar-refractivity contribution in [3.8, 4) is 17.0 Å². The number of aromatic nitrogens is 1. The number of aromatic amines is 1. The molecular formula is C19H18N2O2. The molecule has 0 bridgehead atoms. The van der Waals surface area contributed by atoms with Crippen LogP contribution >= 0.6 is 0 Å². The molecule has 0 aliphatic carbocycles. The highest BCUT2D eigenvalue weighted by Crippen LogP contribution is 2.28. The van der Waals surface area contributed by atoms with E-state index in [0.717, 1.165) is 16.8 Å². The molecule has 0 spiro atoms. The van der Waals surface area contributed by atoms with Crippen LogP contribution in [0.15, 0.2) is 66.7 Å². The Balaban J connectivity index is 1.88. The van der Waals surface area contributed by atoms with Crippen LogP contribution in [0.2, 0.25) is 0 Å². The van der Waals surface area contributed by atoms with Crippen LogP contribution in [0, 0.1) is 0 Å². The molecule has 0 aliphatic heterocycles. The monoisotopic (exact) mass is 306 g/mol. The summed E-state index contributed by atoms with van der Waals surface area (Å²) in [5, 5.41) is 2.63. The van der Waals surface area contributed by atoms with E-state index < -0.39 is 0 Å². The Bertz CT molecular complexity index is 780. The fourth-order valence-electron chi connectivity index (χ4n) is 2.35. The molecule has 1 heterocycles. The fourth-order valence-corrected chi connectivity index (χ4v) is 2.35.